The Labute approximate surface area is 101 Å². The summed E-state index contributed by atoms with van der Waals surface area (Å²) < 4.78 is 1.60. The standard InChI is InChI=1S/C11H20N4O2/c1-8(2)11(3,17)7-12-10(16)14-9-5-13-15(4)6-9/h5-6,8,17H,7H2,1-4H3,(H2,12,14,16). The molecule has 0 fully saturated rings. The summed E-state index contributed by atoms with van der Waals surface area (Å²) >= 11 is 0. The molecular weight excluding hydrogens is 220 g/mol. The Hall–Kier alpha value is -1.56. The first-order valence-electron chi connectivity index (χ1n) is 5.57. The molecule has 0 aliphatic carbocycles. The van der Waals surface area contributed by atoms with Gasteiger partial charge in [-0.25, -0.2) is 4.79 Å². The minimum Gasteiger partial charge on any atom is -0.388 e. The highest BCUT2D eigenvalue weighted by Crippen LogP contribution is 2.14. The van der Waals surface area contributed by atoms with Crippen molar-refractivity contribution in [3.05, 3.63) is 12.4 Å². The molecule has 0 aliphatic heterocycles. The summed E-state index contributed by atoms with van der Waals surface area (Å²) in [5.74, 6) is 0.0705. The number of anilines is 1. The van der Waals surface area contributed by atoms with Crippen molar-refractivity contribution < 1.29 is 9.90 Å². The average Bonchev–Trinajstić information content (AvgIpc) is 2.61. The number of aliphatic hydroxyl groups is 1. The van der Waals surface area contributed by atoms with E-state index in [0.717, 1.165) is 0 Å². The van der Waals surface area contributed by atoms with Crippen molar-refractivity contribution in [2.24, 2.45) is 13.0 Å². The molecule has 3 N–H and O–H groups in total. The molecule has 17 heavy (non-hydrogen) atoms. The van der Waals surface area contributed by atoms with E-state index in [4.69, 9.17) is 0 Å². The van der Waals surface area contributed by atoms with Crippen molar-refractivity contribution in [2.45, 2.75) is 26.4 Å². The van der Waals surface area contributed by atoms with Crippen LogP contribution in [-0.4, -0.2) is 33.1 Å². The minimum atomic E-state index is -0.910. The maximum absolute atomic E-state index is 11.5. The van der Waals surface area contributed by atoms with Crippen molar-refractivity contribution >= 4 is 11.7 Å². The van der Waals surface area contributed by atoms with Gasteiger partial charge in [0.2, 0.25) is 0 Å². The van der Waals surface area contributed by atoms with Gasteiger partial charge < -0.3 is 15.7 Å². The van der Waals surface area contributed by atoms with E-state index >= 15 is 0 Å². The van der Waals surface area contributed by atoms with E-state index in [1.165, 1.54) is 0 Å². The van der Waals surface area contributed by atoms with Crippen LogP contribution in [0.5, 0.6) is 0 Å². The Morgan fingerprint density at radius 3 is 2.76 bits per heavy atom. The quantitative estimate of drug-likeness (QED) is 0.733. The van der Waals surface area contributed by atoms with Crippen LogP contribution in [0.25, 0.3) is 0 Å². The zero-order valence-electron chi connectivity index (χ0n) is 10.7. The molecule has 6 nitrogen and oxygen atoms in total. The van der Waals surface area contributed by atoms with Gasteiger partial charge in [0.05, 0.1) is 17.5 Å². The normalized spacial score (nSPS) is 14.5. The molecule has 2 amide bonds. The van der Waals surface area contributed by atoms with Gasteiger partial charge >= 0.3 is 6.03 Å². The summed E-state index contributed by atoms with van der Waals surface area (Å²) in [6.07, 6.45) is 3.25. The lowest BCUT2D eigenvalue weighted by molar-refractivity contribution is 0.0170. The molecule has 0 radical (unpaired) electrons. The molecule has 0 bridgehead atoms. The van der Waals surface area contributed by atoms with Crippen LogP contribution < -0.4 is 10.6 Å². The summed E-state index contributed by atoms with van der Waals surface area (Å²) in [5.41, 5.74) is -0.291. The molecule has 1 atom stereocenters. The van der Waals surface area contributed by atoms with Crippen LogP contribution in [0.2, 0.25) is 0 Å². The van der Waals surface area contributed by atoms with E-state index in [0.29, 0.717) is 5.69 Å². The smallest absolute Gasteiger partial charge is 0.319 e. The van der Waals surface area contributed by atoms with Crippen LogP contribution in [0.3, 0.4) is 0 Å². The maximum Gasteiger partial charge on any atom is 0.319 e. The Kier molecular flexibility index (Phi) is 4.11. The van der Waals surface area contributed by atoms with Crippen molar-refractivity contribution in [3.63, 3.8) is 0 Å². The summed E-state index contributed by atoms with van der Waals surface area (Å²) in [6.45, 7) is 5.71. The van der Waals surface area contributed by atoms with Gasteiger partial charge in [-0.05, 0) is 12.8 Å². The number of rotatable bonds is 4. The molecule has 0 aliphatic rings. The van der Waals surface area contributed by atoms with Gasteiger partial charge in [-0.15, -0.1) is 0 Å². The predicted octanol–water partition coefficient (Wildman–Crippen LogP) is 0.949. The molecule has 0 spiro atoms. The molecule has 1 aromatic rings. The minimum absolute atomic E-state index is 0.0705. The topological polar surface area (TPSA) is 79.2 Å². The second kappa shape index (κ2) is 5.18. The van der Waals surface area contributed by atoms with Gasteiger partial charge in [0, 0.05) is 19.8 Å². The molecule has 1 unspecified atom stereocenters. The number of hydrogen-bond donors (Lipinski definition) is 3. The van der Waals surface area contributed by atoms with E-state index in [1.807, 2.05) is 13.8 Å². The lowest BCUT2D eigenvalue weighted by Gasteiger charge is -2.27. The third kappa shape index (κ3) is 4.07. The summed E-state index contributed by atoms with van der Waals surface area (Å²) in [6, 6.07) is -0.348. The van der Waals surface area contributed by atoms with Crippen molar-refractivity contribution in [1.29, 1.82) is 0 Å². The maximum atomic E-state index is 11.5. The van der Waals surface area contributed by atoms with E-state index in [2.05, 4.69) is 15.7 Å². The Morgan fingerprint density at radius 1 is 1.65 bits per heavy atom. The predicted molar refractivity (Wildman–Crippen MR) is 65.7 cm³/mol. The van der Waals surface area contributed by atoms with Crippen molar-refractivity contribution in [1.82, 2.24) is 15.1 Å². The molecular formula is C11H20N4O2. The van der Waals surface area contributed by atoms with Crippen molar-refractivity contribution in [3.8, 4) is 0 Å². The van der Waals surface area contributed by atoms with Gasteiger partial charge in [0.15, 0.2) is 0 Å². The van der Waals surface area contributed by atoms with E-state index < -0.39 is 5.60 Å². The Balaban J connectivity index is 2.41. The Morgan fingerprint density at radius 2 is 2.29 bits per heavy atom. The molecule has 1 heterocycles. The summed E-state index contributed by atoms with van der Waals surface area (Å²) in [5, 5.41) is 19.1. The van der Waals surface area contributed by atoms with Gasteiger partial charge in [0.1, 0.15) is 0 Å². The fraction of sp³-hybridized carbons (Fsp3) is 0.636. The molecule has 0 aromatic carbocycles. The molecule has 1 rings (SSSR count). The van der Waals surface area contributed by atoms with Gasteiger partial charge in [-0.3, -0.25) is 4.68 Å². The number of aryl methyl sites for hydroxylation is 1. The number of amides is 2. The van der Waals surface area contributed by atoms with Crippen LogP contribution in [0.4, 0.5) is 10.5 Å². The molecule has 0 saturated carbocycles. The number of nitrogens with one attached hydrogen (secondary N) is 2. The second-order valence-electron chi connectivity index (χ2n) is 4.72. The SMILES string of the molecule is CC(C)C(C)(O)CNC(=O)Nc1cnn(C)c1. The van der Waals surface area contributed by atoms with Crippen LogP contribution in [-0.2, 0) is 7.05 Å². The fourth-order valence-corrected chi connectivity index (χ4v) is 1.12. The van der Waals surface area contributed by atoms with Crippen LogP contribution in [0, 0.1) is 5.92 Å². The number of urea groups is 1. The van der Waals surface area contributed by atoms with E-state index in [-0.39, 0.29) is 18.5 Å². The average molecular weight is 240 g/mol. The van der Waals surface area contributed by atoms with Gasteiger partial charge in [0.25, 0.3) is 0 Å². The van der Waals surface area contributed by atoms with Crippen LogP contribution in [0.15, 0.2) is 12.4 Å². The first-order chi connectivity index (χ1) is 7.81. The highest BCUT2D eigenvalue weighted by molar-refractivity contribution is 5.88. The lowest BCUT2D eigenvalue weighted by atomic mass is 9.93. The Bertz CT molecular complexity index is 385. The molecule has 0 saturated heterocycles. The van der Waals surface area contributed by atoms with Crippen molar-refractivity contribution in [2.75, 3.05) is 11.9 Å². The summed E-state index contributed by atoms with van der Waals surface area (Å²) in [7, 11) is 1.77. The molecule has 96 valence electrons. The lowest BCUT2D eigenvalue weighted by Crippen LogP contribution is -2.45. The largest absolute Gasteiger partial charge is 0.388 e. The number of nitrogens with zero attached hydrogens (tertiary/aromatic N) is 2. The monoisotopic (exact) mass is 240 g/mol. The first kappa shape index (κ1) is 13.5. The van der Waals surface area contributed by atoms with Gasteiger partial charge in [-0.1, -0.05) is 13.8 Å². The number of carbonyl (C=O) groups is 1. The summed E-state index contributed by atoms with van der Waals surface area (Å²) in [4.78, 5) is 11.5. The third-order valence-electron chi connectivity index (χ3n) is 2.81. The van der Waals surface area contributed by atoms with Gasteiger partial charge in [-0.2, -0.15) is 5.10 Å². The zero-order valence-corrected chi connectivity index (χ0v) is 10.7. The first-order valence-corrected chi connectivity index (χ1v) is 5.57. The van der Waals surface area contributed by atoms with Crippen LogP contribution >= 0.6 is 0 Å². The molecule has 1 aromatic heterocycles. The third-order valence-corrected chi connectivity index (χ3v) is 2.81. The molecule has 6 heteroatoms. The van der Waals surface area contributed by atoms with E-state index in [1.54, 1.807) is 31.0 Å². The van der Waals surface area contributed by atoms with E-state index in [9.17, 15) is 9.90 Å². The fourth-order valence-electron chi connectivity index (χ4n) is 1.12. The highest BCUT2D eigenvalue weighted by atomic mass is 16.3. The zero-order chi connectivity index (χ0) is 13.1. The number of hydrogen-bond acceptors (Lipinski definition) is 3. The van der Waals surface area contributed by atoms with Crippen LogP contribution in [0.1, 0.15) is 20.8 Å². The highest BCUT2D eigenvalue weighted by Gasteiger charge is 2.25. The number of carbonyl (C=O) groups excluding carboxylic acids is 1. The second-order valence-corrected chi connectivity index (χ2v) is 4.72. The number of aromatic nitrogens is 2.